The lowest BCUT2D eigenvalue weighted by Crippen LogP contribution is -2.41. The molecule has 1 N–H and O–H groups in total. The van der Waals surface area contributed by atoms with Crippen LogP contribution in [0.4, 0.5) is 0 Å². The Morgan fingerprint density at radius 2 is 2.14 bits per heavy atom. The number of hydrogen-bond acceptors (Lipinski definition) is 3. The summed E-state index contributed by atoms with van der Waals surface area (Å²) in [6, 6.07) is 2.35. The Kier molecular flexibility index (Phi) is 7.04. The molecule has 0 fully saturated rings. The van der Waals surface area contributed by atoms with E-state index in [0.29, 0.717) is 5.25 Å². The maximum Gasteiger partial charge on any atom is 0.104 e. The lowest BCUT2D eigenvalue weighted by atomic mass is 10.0. The van der Waals surface area contributed by atoms with Gasteiger partial charge in [0, 0.05) is 5.25 Å². The van der Waals surface area contributed by atoms with Gasteiger partial charge in [0.05, 0.1) is 6.07 Å². The van der Waals surface area contributed by atoms with E-state index in [1.54, 1.807) is 0 Å². The van der Waals surface area contributed by atoms with Gasteiger partial charge in [0.25, 0.3) is 0 Å². The van der Waals surface area contributed by atoms with Crippen LogP contribution in [0, 0.1) is 11.3 Å². The van der Waals surface area contributed by atoms with Crippen LogP contribution in [0.1, 0.15) is 40.5 Å². The monoisotopic (exact) mass is 214 g/mol. The van der Waals surface area contributed by atoms with Crippen LogP contribution < -0.4 is 5.32 Å². The van der Waals surface area contributed by atoms with Crippen molar-refractivity contribution in [3.63, 3.8) is 0 Å². The lowest BCUT2D eigenvalue weighted by molar-refractivity contribution is 0.450. The minimum Gasteiger partial charge on any atom is -0.300 e. The van der Waals surface area contributed by atoms with Crippen LogP contribution in [0.25, 0.3) is 0 Å². The molecule has 0 amide bonds. The second kappa shape index (κ2) is 7.14. The Hall–Kier alpha value is -0.200. The van der Waals surface area contributed by atoms with Crippen molar-refractivity contribution in [2.75, 3.05) is 12.3 Å². The molecule has 0 saturated heterocycles. The first kappa shape index (κ1) is 13.8. The van der Waals surface area contributed by atoms with Crippen molar-refractivity contribution in [1.82, 2.24) is 5.32 Å². The number of thioether (sulfide) groups is 1. The summed E-state index contributed by atoms with van der Waals surface area (Å²) in [6.45, 7) is 9.32. The van der Waals surface area contributed by atoms with Gasteiger partial charge in [-0.05, 0) is 32.1 Å². The number of rotatable bonds is 7. The van der Waals surface area contributed by atoms with Crippen LogP contribution in [0.2, 0.25) is 0 Å². The topological polar surface area (TPSA) is 35.8 Å². The van der Waals surface area contributed by atoms with E-state index in [-0.39, 0.29) is 5.54 Å². The molecule has 0 bridgehead atoms. The number of nitrogens with zero attached hydrogens (tertiary/aromatic N) is 1. The first-order valence-corrected chi connectivity index (χ1v) is 6.40. The third-order valence-corrected chi connectivity index (χ3v) is 3.74. The molecule has 0 spiro atoms. The fourth-order valence-corrected chi connectivity index (χ4v) is 2.32. The van der Waals surface area contributed by atoms with Gasteiger partial charge in [-0.3, -0.25) is 5.32 Å². The first-order chi connectivity index (χ1) is 6.58. The highest BCUT2D eigenvalue weighted by atomic mass is 32.2. The van der Waals surface area contributed by atoms with Gasteiger partial charge in [0.1, 0.15) is 5.54 Å². The third-order valence-electron chi connectivity index (χ3n) is 2.39. The minimum atomic E-state index is -0.338. The van der Waals surface area contributed by atoms with E-state index < -0.39 is 0 Å². The lowest BCUT2D eigenvalue weighted by Gasteiger charge is -2.22. The Morgan fingerprint density at radius 3 is 2.57 bits per heavy atom. The van der Waals surface area contributed by atoms with Gasteiger partial charge in [0.15, 0.2) is 0 Å². The second-order valence-corrected chi connectivity index (χ2v) is 5.36. The van der Waals surface area contributed by atoms with Crippen LogP contribution >= 0.6 is 11.8 Å². The zero-order valence-electron chi connectivity index (χ0n) is 9.76. The van der Waals surface area contributed by atoms with Crippen molar-refractivity contribution in [3.05, 3.63) is 0 Å². The summed E-state index contributed by atoms with van der Waals surface area (Å²) < 4.78 is 0. The molecule has 82 valence electrons. The highest BCUT2D eigenvalue weighted by molar-refractivity contribution is 7.99. The molecule has 0 radical (unpaired) electrons. The molecule has 14 heavy (non-hydrogen) atoms. The summed E-state index contributed by atoms with van der Waals surface area (Å²) in [6.07, 6.45) is 2.13. The molecule has 0 aliphatic heterocycles. The summed E-state index contributed by atoms with van der Waals surface area (Å²) >= 11 is 1.95. The average Bonchev–Trinajstić information content (AvgIpc) is 2.18. The molecule has 0 heterocycles. The zero-order chi connectivity index (χ0) is 11.0. The average molecular weight is 214 g/mol. The van der Waals surface area contributed by atoms with Gasteiger partial charge in [-0.15, -0.1) is 0 Å². The summed E-state index contributed by atoms with van der Waals surface area (Å²) in [5, 5.41) is 13.0. The number of hydrogen-bond donors (Lipinski definition) is 1. The number of nitriles is 1. The zero-order valence-corrected chi connectivity index (χ0v) is 10.6. The molecule has 3 heteroatoms. The van der Waals surface area contributed by atoms with Gasteiger partial charge in [-0.1, -0.05) is 20.8 Å². The molecule has 0 saturated carbocycles. The third kappa shape index (κ3) is 5.51. The standard InChI is InChI=1S/C11H22N2S/c1-5-10(3)14-8-7-11(4,9-12)13-6-2/h10,13H,5-8H2,1-4H3. The van der Waals surface area contributed by atoms with E-state index in [1.807, 2.05) is 25.6 Å². The molecule has 0 aromatic rings. The van der Waals surface area contributed by atoms with Crippen molar-refractivity contribution >= 4 is 11.8 Å². The first-order valence-electron chi connectivity index (χ1n) is 5.35. The Labute approximate surface area is 92.5 Å². The van der Waals surface area contributed by atoms with Gasteiger partial charge in [0.2, 0.25) is 0 Å². The molecule has 2 unspecified atom stereocenters. The van der Waals surface area contributed by atoms with E-state index >= 15 is 0 Å². The molecular weight excluding hydrogens is 192 g/mol. The highest BCUT2D eigenvalue weighted by Crippen LogP contribution is 2.18. The van der Waals surface area contributed by atoms with Gasteiger partial charge < -0.3 is 0 Å². The van der Waals surface area contributed by atoms with Crippen LogP contribution in [-0.2, 0) is 0 Å². The van der Waals surface area contributed by atoms with Crippen molar-refractivity contribution in [2.24, 2.45) is 0 Å². The normalized spacial score (nSPS) is 17.1. The van der Waals surface area contributed by atoms with E-state index in [1.165, 1.54) is 6.42 Å². The van der Waals surface area contributed by atoms with Crippen LogP contribution in [0.3, 0.4) is 0 Å². The summed E-state index contributed by atoms with van der Waals surface area (Å²) in [5.74, 6) is 1.06. The smallest absolute Gasteiger partial charge is 0.104 e. The van der Waals surface area contributed by atoms with Crippen molar-refractivity contribution in [1.29, 1.82) is 5.26 Å². The molecular formula is C11H22N2S. The van der Waals surface area contributed by atoms with E-state index in [9.17, 15) is 0 Å². The summed E-state index contributed by atoms with van der Waals surface area (Å²) in [4.78, 5) is 0. The molecule has 0 aliphatic carbocycles. The van der Waals surface area contributed by atoms with Crippen LogP contribution in [-0.4, -0.2) is 23.1 Å². The molecule has 0 aliphatic rings. The predicted molar refractivity (Wildman–Crippen MR) is 64.5 cm³/mol. The molecule has 0 rings (SSSR count). The minimum absolute atomic E-state index is 0.338. The Balaban J connectivity index is 3.79. The molecule has 2 atom stereocenters. The van der Waals surface area contributed by atoms with Crippen LogP contribution in [0.5, 0.6) is 0 Å². The maximum absolute atomic E-state index is 9.02. The van der Waals surface area contributed by atoms with E-state index in [4.69, 9.17) is 5.26 Å². The van der Waals surface area contributed by atoms with E-state index in [2.05, 4.69) is 25.2 Å². The second-order valence-electron chi connectivity index (χ2n) is 3.81. The maximum atomic E-state index is 9.02. The van der Waals surface area contributed by atoms with Gasteiger partial charge >= 0.3 is 0 Å². The van der Waals surface area contributed by atoms with Gasteiger partial charge in [-0.25, -0.2) is 0 Å². The van der Waals surface area contributed by atoms with Crippen molar-refractivity contribution in [2.45, 2.75) is 51.3 Å². The van der Waals surface area contributed by atoms with Crippen molar-refractivity contribution < 1.29 is 0 Å². The molecule has 0 aromatic carbocycles. The predicted octanol–water partition coefficient (Wildman–Crippen LogP) is 2.80. The molecule has 0 aromatic heterocycles. The summed E-state index contributed by atoms with van der Waals surface area (Å²) in [7, 11) is 0. The highest BCUT2D eigenvalue weighted by Gasteiger charge is 2.21. The number of nitrogens with one attached hydrogen (secondary N) is 1. The Bertz CT molecular complexity index is 188. The quantitative estimate of drug-likeness (QED) is 0.708. The van der Waals surface area contributed by atoms with Crippen molar-refractivity contribution in [3.8, 4) is 6.07 Å². The molecule has 2 nitrogen and oxygen atoms in total. The van der Waals surface area contributed by atoms with E-state index in [0.717, 1.165) is 18.7 Å². The van der Waals surface area contributed by atoms with Gasteiger partial charge in [-0.2, -0.15) is 17.0 Å². The SMILES string of the molecule is CCNC(C)(C#N)CCSC(C)CC. The van der Waals surface area contributed by atoms with Crippen LogP contribution in [0.15, 0.2) is 0 Å². The Morgan fingerprint density at radius 1 is 1.50 bits per heavy atom. The fourth-order valence-electron chi connectivity index (χ4n) is 1.16. The fraction of sp³-hybridized carbons (Fsp3) is 0.909. The largest absolute Gasteiger partial charge is 0.300 e. The summed E-state index contributed by atoms with van der Waals surface area (Å²) in [5.41, 5.74) is -0.338.